The summed E-state index contributed by atoms with van der Waals surface area (Å²) < 4.78 is 2.03. The van der Waals surface area contributed by atoms with Crippen molar-refractivity contribution >= 4 is 16.9 Å². The van der Waals surface area contributed by atoms with Crippen LogP contribution in [0.25, 0.3) is 11.0 Å². The Bertz CT molecular complexity index is 505. The molecule has 2 rings (SSSR count). The number of fused-ring (bicyclic) bond motifs is 1. The Kier molecular flexibility index (Phi) is 4.15. The van der Waals surface area contributed by atoms with Gasteiger partial charge in [-0.2, -0.15) is 0 Å². The van der Waals surface area contributed by atoms with Crippen molar-refractivity contribution in [3.05, 3.63) is 18.6 Å². The molecule has 0 aliphatic carbocycles. The predicted molar refractivity (Wildman–Crippen MR) is 74.9 cm³/mol. The van der Waals surface area contributed by atoms with Gasteiger partial charge in [-0.1, -0.05) is 6.92 Å². The SMILES string of the molecule is CCNCCN(CC)c1nccc2c1ncn2C. The molecule has 0 atom stereocenters. The third kappa shape index (κ3) is 2.46. The van der Waals surface area contributed by atoms with E-state index in [0.717, 1.165) is 43.0 Å². The topological polar surface area (TPSA) is 46.0 Å². The maximum atomic E-state index is 4.49. The van der Waals surface area contributed by atoms with Gasteiger partial charge < -0.3 is 14.8 Å². The first kappa shape index (κ1) is 12.8. The van der Waals surface area contributed by atoms with Crippen molar-refractivity contribution in [1.29, 1.82) is 0 Å². The second-order valence-corrected chi connectivity index (χ2v) is 4.29. The fraction of sp³-hybridized carbons (Fsp3) is 0.538. The van der Waals surface area contributed by atoms with Crippen molar-refractivity contribution in [3.8, 4) is 0 Å². The Labute approximate surface area is 108 Å². The van der Waals surface area contributed by atoms with Gasteiger partial charge in [-0.25, -0.2) is 9.97 Å². The molecule has 0 saturated heterocycles. The number of nitrogens with zero attached hydrogens (tertiary/aromatic N) is 4. The fourth-order valence-electron chi connectivity index (χ4n) is 2.08. The van der Waals surface area contributed by atoms with Gasteiger partial charge in [-0.15, -0.1) is 0 Å². The molecule has 2 heterocycles. The summed E-state index contributed by atoms with van der Waals surface area (Å²) in [5, 5.41) is 3.34. The first-order chi connectivity index (χ1) is 8.77. The third-order valence-electron chi connectivity index (χ3n) is 3.11. The molecule has 0 aliphatic rings. The van der Waals surface area contributed by atoms with Crippen LogP contribution < -0.4 is 10.2 Å². The number of hydrogen-bond donors (Lipinski definition) is 1. The van der Waals surface area contributed by atoms with E-state index in [9.17, 15) is 0 Å². The van der Waals surface area contributed by atoms with Crippen molar-refractivity contribution in [2.45, 2.75) is 13.8 Å². The van der Waals surface area contributed by atoms with Crippen LogP contribution in [-0.2, 0) is 7.05 Å². The summed E-state index contributed by atoms with van der Waals surface area (Å²) in [5.74, 6) is 0.980. The van der Waals surface area contributed by atoms with Gasteiger partial charge in [0.25, 0.3) is 0 Å². The largest absolute Gasteiger partial charge is 0.354 e. The van der Waals surface area contributed by atoms with Crippen molar-refractivity contribution in [1.82, 2.24) is 19.9 Å². The first-order valence-corrected chi connectivity index (χ1v) is 6.49. The van der Waals surface area contributed by atoms with Gasteiger partial charge in [0, 0.05) is 32.9 Å². The molecule has 98 valence electrons. The Morgan fingerprint density at radius 2 is 2.17 bits per heavy atom. The Balaban J connectivity index is 2.27. The highest BCUT2D eigenvalue weighted by Crippen LogP contribution is 2.21. The number of aromatic nitrogens is 3. The van der Waals surface area contributed by atoms with E-state index in [4.69, 9.17) is 0 Å². The fourth-order valence-corrected chi connectivity index (χ4v) is 2.08. The molecule has 0 spiro atoms. The minimum absolute atomic E-state index is 0.939. The number of hydrogen-bond acceptors (Lipinski definition) is 4. The summed E-state index contributed by atoms with van der Waals surface area (Å²) in [4.78, 5) is 11.2. The van der Waals surface area contributed by atoms with Crippen LogP contribution in [0.4, 0.5) is 5.82 Å². The molecule has 1 N–H and O–H groups in total. The highest BCUT2D eigenvalue weighted by Gasteiger charge is 2.12. The molecule has 2 aromatic rings. The first-order valence-electron chi connectivity index (χ1n) is 6.49. The second kappa shape index (κ2) is 5.82. The summed E-state index contributed by atoms with van der Waals surface area (Å²) in [6.07, 6.45) is 3.70. The number of imidazole rings is 1. The van der Waals surface area contributed by atoms with Crippen LogP contribution in [0.5, 0.6) is 0 Å². The van der Waals surface area contributed by atoms with Crippen molar-refractivity contribution in [2.75, 3.05) is 31.1 Å². The molecule has 2 aromatic heterocycles. The normalized spacial score (nSPS) is 11.1. The van der Waals surface area contributed by atoms with E-state index >= 15 is 0 Å². The average Bonchev–Trinajstić information content (AvgIpc) is 2.77. The van der Waals surface area contributed by atoms with Crippen LogP contribution in [0.2, 0.25) is 0 Å². The van der Waals surface area contributed by atoms with E-state index in [-0.39, 0.29) is 0 Å². The molecule has 5 nitrogen and oxygen atoms in total. The minimum Gasteiger partial charge on any atom is -0.354 e. The number of rotatable bonds is 6. The molecule has 0 amide bonds. The molecule has 0 bridgehead atoms. The van der Waals surface area contributed by atoms with Crippen LogP contribution in [0.1, 0.15) is 13.8 Å². The van der Waals surface area contributed by atoms with Crippen molar-refractivity contribution < 1.29 is 0 Å². The summed E-state index contributed by atoms with van der Waals surface area (Å²) in [6, 6.07) is 2.00. The Morgan fingerprint density at radius 1 is 1.33 bits per heavy atom. The van der Waals surface area contributed by atoms with Crippen LogP contribution in [0, 0.1) is 0 Å². The summed E-state index contributed by atoms with van der Waals surface area (Å²) in [5.41, 5.74) is 2.11. The quantitative estimate of drug-likeness (QED) is 0.784. The van der Waals surface area contributed by atoms with Gasteiger partial charge in [-0.3, -0.25) is 0 Å². The van der Waals surface area contributed by atoms with Gasteiger partial charge in [0.1, 0.15) is 5.52 Å². The second-order valence-electron chi connectivity index (χ2n) is 4.29. The van der Waals surface area contributed by atoms with Gasteiger partial charge in [0.2, 0.25) is 0 Å². The number of anilines is 1. The van der Waals surface area contributed by atoms with Crippen molar-refractivity contribution in [2.24, 2.45) is 7.05 Å². The lowest BCUT2D eigenvalue weighted by Gasteiger charge is -2.22. The van der Waals surface area contributed by atoms with Gasteiger partial charge in [0.05, 0.1) is 11.8 Å². The Morgan fingerprint density at radius 3 is 2.89 bits per heavy atom. The van der Waals surface area contributed by atoms with E-state index in [0.29, 0.717) is 0 Å². The Hall–Kier alpha value is -1.62. The van der Waals surface area contributed by atoms with Crippen LogP contribution in [-0.4, -0.2) is 40.7 Å². The molecule has 0 saturated carbocycles. The highest BCUT2D eigenvalue weighted by atomic mass is 15.2. The van der Waals surface area contributed by atoms with Gasteiger partial charge in [-0.05, 0) is 19.5 Å². The zero-order valence-corrected chi connectivity index (χ0v) is 11.3. The van der Waals surface area contributed by atoms with Crippen LogP contribution in [0.15, 0.2) is 18.6 Å². The maximum Gasteiger partial charge on any atom is 0.156 e. The van der Waals surface area contributed by atoms with Gasteiger partial charge >= 0.3 is 0 Å². The third-order valence-corrected chi connectivity index (χ3v) is 3.11. The van der Waals surface area contributed by atoms with E-state index in [1.807, 2.05) is 30.2 Å². The summed E-state index contributed by atoms with van der Waals surface area (Å²) in [6.45, 7) is 8.12. The molecule has 0 aromatic carbocycles. The monoisotopic (exact) mass is 247 g/mol. The average molecular weight is 247 g/mol. The maximum absolute atomic E-state index is 4.49. The summed E-state index contributed by atoms with van der Waals surface area (Å²) >= 11 is 0. The minimum atomic E-state index is 0.939. The standard InChI is InChI=1S/C13H21N5/c1-4-14-8-9-18(5-2)13-12-11(6-7-15-13)17(3)10-16-12/h6-7,10,14H,4-5,8-9H2,1-3H3. The van der Waals surface area contributed by atoms with Gasteiger partial charge in [0.15, 0.2) is 5.82 Å². The van der Waals surface area contributed by atoms with Crippen LogP contribution in [0.3, 0.4) is 0 Å². The number of likely N-dealkylation sites (N-methyl/N-ethyl adjacent to an activating group) is 2. The molecule has 18 heavy (non-hydrogen) atoms. The lowest BCUT2D eigenvalue weighted by atomic mass is 10.3. The molecule has 0 fully saturated rings. The highest BCUT2D eigenvalue weighted by molar-refractivity contribution is 5.86. The number of pyridine rings is 1. The van der Waals surface area contributed by atoms with Crippen LogP contribution >= 0.6 is 0 Å². The van der Waals surface area contributed by atoms with E-state index < -0.39 is 0 Å². The number of aryl methyl sites for hydroxylation is 1. The lowest BCUT2D eigenvalue weighted by Crippen LogP contribution is -2.32. The predicted octanol–water partition coefficient (Wildman–Crippen LogP) is 1.40. The van der Waals surface area contributed by atoms with E-state index in [2.05, 4.69) is 34.0 Å². The molecule has 0 radical (unpaired) electrons. The van der Waals surface area contributed by atoms with E-state index in [1.54, 1.807) is 0 Å². The molecular weight excluding hydrogens is 226 g/mol. The van der Waals surface area contributed by atoms with Crippen molar-refractivity contribution in [3.63, 3.8) is 0 Å². The zero-order valence-electron chi connectivity index (χ0n) is 11.3. The summed E-state index contributed by atoms with van der Waals surface area (Å²) in [7, 11) is 2.01. The number of nitrogens with one attached hydrogen (secondary N) is 1. The van der Waals surface area contributed by atoms with E-state index in [1.165, 1.54) is 0 Å². The lowest BCUT2D eigenvalue weighted by molar-refractivity contribution is 0.685. The molecule has 0 aliphatic heterocycles. The molecular formula is C13H21N5. The smallest absolute Gasteiger partial charge is 0.156 e. The molecule has 5 heteroatoms. The zero-order chi connectivity index (χ0) is 13.0. The molecule has 0 unspecified atom stereocenters.